The Labute approximate surface area is 229 Å². The number of piperidine rings is 1. The molecule has 0 saturated carbocycles. The van der Waals surface area contributed by atoms with Gasteiger partial charge in [-0.05, 0) is 61.6 Å². The van der Waals surface area contributed by atoms with Gasteiger partial charge in [-0.3, -0.25) is 19.1 Å². The predicted octanol–water partition coefficient (Wildman–Crippen LogP) is 5.27. The largest absolute Gasteiger partial charge is 0.357 e. The number of anilines is 1. The SMILES string of the molecule is Cc1c(C=C2SC(=S)N(CCC(C)C)C2=O)c(N2CCC(Cc3ccccc3)CC2)n(C)c(=O)c1C#N. The summed E-state index contributed by atoms with van der Waals surface area (Å²) in [6.07, 6.45) is 5.79. The smallest absolute Gasteiger partial charge is 0.270 e. The number of hydrogen-bond donors (Lipinski definition) is 0. The van der Waals surface area contributed by atoms with Gasteiger partial charge in [0.15, 0.2) is 0 Å². The van der Waals surface area contributed by atoms with Gasteiger partial charge in [0.25, 0.3) is 11.5 Å². The number of nitrogens with zero attached hydrogens (tertiary/aromatic N) is 4. The molecule has 0 radical (unpaired) electrons. The first-order chi connectivity index (χ1) is 17.7. The zero-order valence-electron chi connectivity index (χ0n) is 22.0. The molecule has 0 bridgehead atoms. The van der Waals surface area contributed by atoms with Crippen LogP contribution in [0.4, 0.5) is 5.82 Å². The van der Waals surface area contributed by atoms with Crippen LogP contribution in [0.3, 0.4) is 0 Å². The normalized spacial score (nSPS) is 17.8. The van der Waals surface area contributed by atoms with Crippen molar-refractivity contribution in [2.24, 2.45) is 18.9 Å². The van der Waals surface area contributed by atoms with Gasteiger partial charge in [-0.2, -0.15) is 5.26 Å². The summed E-state index contributed by atoms with van der Waals surface area (Å²) in [6.45, 7) is 8.27. The van der Waals surface area contributed by atoms with Crippen molar-refractivity contribution >= 4 is 46.1 Å². The molecule has 37 heavy (non-hydrogen) atoms. The molecule has 2 saturated heterocycles. The number of amides is 1. The molecule has 0 atom stereocenters. The molecule has 6 nitrogen and oxygen atoms in total. The second kappa shape index (κ2) is 11.7. The Balaban J connectivity index is 1.65. The average molecular weight is 535 g/mol. The standard InChI is InChI=1S/C29H34N4O2S2/c1-19(2)10-15-33-28(35)25(37-29(33)36)17-23-20(3)24(18-30)27(34)31(4)26(23)32-13-11-22(12-14-32)16-21-8-6-5-7-9-21/h5-9,17,19,22H,10-16H2,1-4H3. The van der Waals surface area contributed by atoms with Crippen molar-refractivity contribution in [3.05, 3.63) is 67.8 Å². The molecule has 2 aliphatic rings. The minimum atomic E-state index is -0.303. The number of benzene rings is 1. The monoisotopic (exact) mass is 534 g/mol. The van der Waals surface area contributed by atoms with Crippen LogP contribution in [0, 0.1) is 30.1 Å². The highest BCUT2D eigenvalue weighted by Crippen LogP contribution is 2.37. The van der Waals surface area contributed by atoms with E-state index in [4.69, 9.17) is 12.2 Å². The third kappa shape index (κ3) is 5.83. The third-order valence-corrected chi connectivity index (χ3v) is 8.71. The molecule has 2 aromatic rings. The predicted molar refractivity (Wildman–Crippen MR) is 156 cm³/mol. The maximum absolute atomic E-state index is 13.3. The summed E-state index contributed by atoms with van der Waals surface area (Å²) in [7, 11) is 1.72. The fraction of sp³-hybridized carbons (Fsp3) is 0.448. The van der Waals surface area contributed by atoms with Crippen LogP contribution in [-0.2, 0) is 18.3 Å². The molecule has 2 aliphatic heterocycles. The van der Waals surface area contributed by atoms with Gasteiger partial charge in [-0.15, -0.1) is 0 Å². The van der Waals surface area contributed by atoms with Gasteiger partial charge >= 0.3 is 0 Å². The van der Waals surface area contributed by atoms with Crippen molar-refractivity contribution in [3.63, 3.8) is 0 Å². The lowest BCUT2D eigenvalue weighted by molar-refractivity contribution is -0.122. The van der Waals surface area contributed by atoms with E-state index in [0.29, 0.717) is 33.2 Å². The first kappa shape index (κ1) is 27.2. The minimum absolute atomic E-state index is 0.102. The van der Waals surface area contributed by atoms with Crippen LogP contribution < -0.4 is 10.5 Å². The van der Waals surface area contributed by atoms with Gasteiger partial charge in [0.05, 0.1) is 4.91 Å². The summed E-state index contributed by atoms with van der Waals surface area (Å²) in [6, 6.07) is 12.6. The number of carbonyl (C=O) groups is 1. The van der Waals surface area contributed by atoms with Gasteiger partial charge in [0.1, 0.15) is 21.8 Å². The van der Waals surface area contributed by atoms with Crippen LogP contribution >= 0.6 is 24.0 Å². The number of hydrogen-bond acceptors (Lipinski definition) is 6. The zero-order valence-corrected chi connectivity index (χ0v) is 23.6. The van der Waals surface area contributed by atoms with E-state index < -0.39 is 0 Å². The summed E-state index contributed by atoms with van der Waals surface area (Å²) >= 11 is 6.82. The molecule has 2 fully saturated rings. The first-order valence-electron chi connectivity index (χ1n) is 12.9. The van der Waals surface area contributed by atoms with E-state index in [1.165, 1.54) is 17.3 Å². The number of carbonyl (C=O) groups excluding carboxylic acids is 1. The molecular weight excluding hydrogens is 500 g/mol. The molecule has 0 spiro atoms. The molecule has 3 heterocycles. The molecule has 1 aromatic carbocycles. The highest BCUT2D eigenvalue weighted by atomic mass is 32.2. The van der Waals surface area contributed by atoms with E-state index in [9.17, 15) is 14.9 Å². The zero-order chi connectivity index (χ0) is 26.7. The first-order valence-corrected chi connectivity index (χ1v) is 14.1. The van der Waals surface area contributed by atoms with E-state index in [0.717, 1.165) is 50.2 Å². The Hall–Kier alpha value is -2.89. The molecule has 0 aliphatic carbocycles. The third-order valence-electron chi connectivity index (χ3n) is 7.33. The lowest BCUT2D eigenvalue weighted by Crippen LogP contribution is -2.39. The van der Waals surface area contributed by atoms with Gasteiger partial charge in [-0.1, -0.05) is 68.2 Å². The summed E-state index contributed by atoms with van der Waals surface area (Å²) in [4.78, 5) is 30.8. The minimum Gasteiger partial charge on any atom is -0.357 e. The van der Waals surface area contributed by atoms with E-state index in [2.05, 4.69) is 49.1 Å². The van der Waals surface area contributed by atoms with E-state index in [1.54, 1.807) is 23.4 Å². The number of rotatable bonds is 7. The van der Waals surface area contributed by atoms with E-state index in [1.807, 2.05) is 12.1 Å². The van der Waals surface area contributed by atoms with Crippen LogP contribution in [0.15, 0.2) is 40.0 Å². The van der Waals surface area contributed by atoms with Gasteiger partial charge in [-0.25, -0.2) is 0 Å². The second-order valence-electron chi connectivity index (χ2n) is 10.3. The lowest BCUT2D eigenvalue weighted by Gasteiger charge is -2.36. The van der Waals surface area contributed by atoms with Crippen molar-refractivity contribution in [2.45, 2.75) is 46.5 Å². The number of nitriles is 1. The molecular formula is C29H34N4O2S2. The quantitative estimate of drug-likeness (QED) is 0.356. The highest BCUT2D eigenvalue weighted by molar-refractivity contribution is 8.26. The van der Waals surface area contributed by atoms with Gasteiger partial charge < -0.3 is 4.90 Å². The maximum atomic E-state index is 13.3. The Morgan fingerprint density at radius 2 is 1.86 bits per heavy atom. The van der Waals surface area contributed by atoms with Crippen molar-refractivity contribution in [1.29, 1.82) is 5.26 Å². The molecule has 0 unspecified atom stereocenters. The maximum Gasteiger partial charge on any atom is 0.270 e. The van der Waals surface area contributed by atoms with Crippen molar-refractivity contribution in [1.82, 2.24) is 9.47 Å². The summed E-state index contributed by atoms with van der Waals surface area (Å²) in [5.41, 5.74) is 2.53. The van der Waals surface area contributed by atoms with Crippen LogP contribution in [0.2, 0.25) is 0 Å². The highest BCUT2D eigenvalue weighted by Gasteiger charge is 2.33. The number of aromatic nitrogens is 1. The van der Waals surface area contributed by atoms with Gasteiger partial charge in [0.2, 0.25) is 0 Å². The molecule has 1 amide bonds. The molecule has 4 rings (SSSR count). The fourth-order valence-electron chi connectivity index (χ4n) is 5.10. The Kier molecular flexibility index (Phi) is 8.56. The number of thiocarbonyl (C=S) groups is 1. The average Bonchev–Trinajstić information content (AvgIpc) is 3.15. The molecule has 1 aromatic heterocycles. The number of thioether (sulfide) groups is 1. The number of pyridine rings is 1. The van der Waals surface area contributed by atoms with Crippen molar-refractivity contribution < 1.29 is 4.79 Å². The Bertz CT molecular complexity index is 1320. The van der Waals surface area contributed by atoms with Crippen molar-refractivity contribution in [2.75, 3.05) is 24.5 Å². The van der Waals surface area contributed by atoms with Crippen LogP contribution in [0.25, 0.3) is 6.08 Å². The summed E-state index contributed by atoms with van der Waals surface area (Å²) in [5, 5.41) is 9.74. The Morgan fingerprint density at radius 1 is 1.19 bits per heavy atom. The summed E-state index contributed by atoms with van der Waals surface area (Å²) in [5.74, 6) is 1.71. The van der Waals surface area contributed by atoms with E-state index in [-0.39, 0.29) is 17.0 Å². The van der Waals surface area contributed by atoms with Gasteiger partial charge in [0, 0.05) is 32.2 Å². The summed E-state index contributed by atoms with van der Waals surface area (Å²) < 4.78 is 2.14. The molecule has 0 N–H and O–H groups in total. The fourth-order valence-corrected chi connectivity index (χ4v) is 6.39. The molecule has 8 heteroatoms. The van der Waals surface area contributed by atoms with Crippen molar-refractivity contribution in [3.8, 4) is 6.07 Å². The lowest BCUT2D eigenvalue weighted by atomic mass is 9.90. The topological polar surface area (TPSA) is 69.3 Å². The van der Waals surface area contributed by atoms with E-state index >= 15 is 0 Å². The second-order valence-corrected chi connectivity index (χ2v) is 12.0. The van der Waals surface area contributed by atoms with Crippen LogP contribution in [-0.4, -0.2) is 39.3 Å². The van der Waals surface area contributed by atoms with Crippen LogP contribution in [0.1, 0.15) is 55.4 Å². The van der Waals surface area contributed by atoms with Crippen LogP contribution in [0.5, 0.6) is 0 Å². The Morgan fingerprint density at radius 3 is 2.49 bits per heavy atom. The molecule has 194 valence electrons.